The summed E-state index contributed by atoms with van der Waals surface area (Å²) in [7, 11) is 5.41. The highest BCUT2D eigenvalue weighted by atomic mass is 16.2. The van der Waals surface area contributed by atoms with Gasteiger partial charge >= 0.3 is 0 Å². The molecule has 1 aliphatic heterocycles. The lowest BCUT2D eigenvalue weighted by Gasteiger charge is -2.29. The number of hydrogen-bond donors (Lipinski definition) is 1. The van der Waals surface area contributed by atoms with Gasteiger partial charge in [-0.2, -0.15) is 0 Å². The Kier molecular flexibility index (Phi) is 5.46. The van der Waals surface area contributed by atoms with Gasteiger partial charge in [-0.25, -0.2) is 0 Å². The van der Waals surface area contributed by atoms with E-state index < -0.39 is 0 Å². The molecule has 1 saturated heterocycles. The number of nitrogens with one attached hydrogen (secondary N) is 1. The van der Waals surface area contributed by atoms with Gasteiger partial charge in [0.15, 0.2) is 11.5 Å². The average Bonchev–Trinajstić information content (AvgIpc) is 2.53. The van der Waals surface area contributed by atoms with Crippen LogP contribution < -0.4 is 10.2 Å². The number of piperazine rings is 1. The molecule has 21 heavy (non-hydrogen) atoms. The highest BCUT2D eigenvalue weighted by Gasteiger charge is 2.13. The van der Waals surface area contributed by atoms with Gasteiger partial charge in [0.25, 0.3) is 5.91 Å². The fraction of sp³-hybridized carbons (Fsp3) is 0.643. The molecule has 1 amide bonds. The molecule has 7 heteroatoms. The molecule has 0 unspecified atom stereocenters. The molecule has 0 radical (unpaired) electrons. The molecule has 0 aliphatic carbocycles. The summed E-state index contributed by atoms with van der Waals surface area (Å²) in [6.45, 7) is 6.22. The number of aromatic nitrogens is 2. The third-order valence-electron chi connectivity index (χ3n) is 3.63. The molecule has 0 atom stereocenters. The fourth-order valence-corrected chi connectivity index (χ4v) is 2.21. The summed E-state index contributed by atoms with van der Waals surface area (Å²) in [5.41, 5.74) is 0.374. The van der Waals surface area contributed by atoms with Crippen LogP contribution in [0.1, 0.15) is 10.5 Å². The van der Waals surface area contributed by atoms with E-state index in [-0.39, 0.29) is 5.91 Å². The summed E-state index contributed by atoms with van der Waals surface area (Å²) in [6, 6.07) is 3.58. The van der Waals surface area contributed by atoms with E-state index in [1.165, 1.54) is 4.90 Å². The van der Waals surface area contributed by atoms with E-state index in [9.17, 15) is 4.79 Å². The first kappa shape index (κ1) is 15.7. The minimum absolute atomic E-state index is 0.127. The molecule has 0 spiro atoms. The Hall–Kier alpha value is -1.73. The molecule has 1 aliphatic rings. The molecule has 0 aromatic carbocycles. The summed E-state index contributed by atoms with van der Waals surface area (Å²) < 4.78 is 0. The van der Waals surface area contributed by atoms with Crippen LogP contribution in [0.5, 0.6) is 0 Å². The quantitative estimate of drug-likeness (QED) is 0.791. The second-order valence-corrected chi connectivity index (χ2v) is 5.49. The number of rotatable bonds is 5. The minimum Gasteiger partial charge on any atom is -0.357 e. The maximum absolute atomic E-state index is 11.8. The zero-order chi connectivity index (χ0) is 15.2. The number of anilines is 1. The molecular weight excluding hydrogens is 268 g/mol. The number of carbonyl (C=O) groups excluding carboxylic acids is 1. The lowest BCUT2D eigenvalue weighted by molar-refractivity contribution is 0.0821. The first-order valence-electron chi connectivity index (χ1n) is 7.27. The van der Waals surface area contributed by atoms with Crippen molar-refractivity contribution >= 4 is 11.7 Å². The van der Waals surface area contributed by atoms with Crippen molar-refractivity contribution in [1.29, 1.82) is 0 Å². The molecule has 7 nitrogen and oxygen atoms in total. The van der Waals surface area contributed by atoms with Crippen molar-refractivity contribution in [3.8, 4) is 0 Å². The largest absolute Gasteiger partial charge is 0.357 e. The molecule has 1 N–H and O–H groups in total. The van der Waals surface area contributed by atoms with Crippen LogP contribution in [0.3, 0.4) is 0 Å². The zero-order valence-corrected chi connectivity index (χ0v) is 13.0. The molecule has 1 fully saturated rings. The van der Waals surface area contributed by atoms with Gasteiger partial charge in [0, 0.05) is 60.4 Å². The maximum Gasteiger partial charge on any atom is 0.273 e. The van der Waals surface area contributed by atoms with Crippen LogP contribution in [0, 0.1) is 0 Å². The SMILES string of the molecule is CN(C)C(=O)c1ccc(N(C)CCN2CCNCC2)nn1. The molecule has 2 heterocycles. The van der Waals surface area contributed by atoms with Gasteiger partial charge in [-0.05, 0) is 12.1 Å². The molecule has 0 saturated carbocycles. The summed E-state index contributed by atoms with van der Waals surface area (Å²) >= 11 is 0. The predicted octanol–water partition coefficient (Wildman–Crippen LogP) is -0.480. The van der Waals surface area contributed by atoms with Crippen LogP contribution in [0.15, 0.2) is 12.1 Å². The number of amides is 1. The first-order valence-corrected chi connectivity index (χ1v) is 7.27. The number of nitrogens with zero attached hydrogens (tertiary/aromatic N) is 5. The molecule has 116 valence electrons. The summed E-state index contributed by atoms with van der Waals surface area (Å²) in [6.07, 6.45) is 0. The van der Waals surface area contributed by atoms with E-state index in [0.717, 1.165) is 45.1 Å². The monoisotopic (exact) mass is 292 g/mol. The Labute approximate surface area is 125 Å². The molecular formula is C14H24N6O. The summed E-state index contributed by atoms with van der Waals surface area (Å²) in [4.78, 5) is 17.8. The normalized spacial score (nSPS) is 15.8. The van der Waals surface area contributed by atoms with Crippen molar-refractivity contribution in [2.75, 3.05) is 65.3 Å². The lowest BCUT2D eigenvalue weighted by atomic mass is 10.3. The Morgan fingerprint density at radius 2 is 1.95 bits per heavy atom. The van der Waals surface area contributed by atoms with Gasteiger partial charge in [-0.3, -0.25) is 9.69 Å². The van der Waals surface area contributed by atoms with Gasteiger partial charge in [-0.15, -0.1) is 10.2 Å². The summed E-state index contributed by atoms with van der Waals surface area (Å²) in [5.74, 6) is 0.665. The smallest absolute Gasteiger partial charge is 0.273 e. The Bertz CT molecular complexity index is 455. The second-order valence-electron chi connectivity index (χ2n) is 5.49. The topological polar surface area (TPSA) is 64.6 Å². The maximum atomic E-state index is 11.8. The fourth-order valence-electron chi connectivity index (χ4n) is 2.21. The van der Waals surface area contributed by atoms with Crippen LogP contribution in [-0.4, -0.2) is 86.3 Å². The van der Waals surface area contributed by atoms with Crippen LogP contribution in [0.25, 0.3) is 0 Å². The van der Waals surface area contributed by atoms with Crippen molar-refractivity contribution in [2.24, 2.45) is 0 Å². The molecule has 1 aromatic rings. The third-order valence-corrected chi connectivity index (χ3v) is 3.63. The predicted molar refractivity (Wildman–Crippen MR) is 82.6 cm³/mol. The van der Waals surface area contributed by atoms with Gasteiger partial charge in [0.05, 0.1) is 0 Å². The van der Waals surface area contributed by atoms with E-state index in [1.54, 1.807) is 20.2 Å². The van der Waals surface area contributed by atoms with Crippen LogP contribution in [0.4, 0.5) is 5.82 Å². The first-order chi connectivity index (χ1) is 10.1. The van der Waals surface area contributed by atoms with E-state index in [2.05, 4.69) is 25.3 Å². The van der Waals surface area contributed by atoms with Crippen molar-refractivity contribution in [1.82, 2.24) is 25.3 Å². The standard InChI is InChI=1S/C14H24N6O/c1-18(2)14(21)12-4-5-13(17-16-12)19(3)10-11-20-8-6-15-7-9-20/h4-5,15H,6-11H2,1-3H3. The van der Waals surface area contributed by atoms with Crippen molar-refractivity contribution in [2.45, 2.75) is 0 Å². The third kappa shape index (κ3) is 4.37. The zero-order valence-electron chi connectivity index (χ0n) is 13.0. The Balaban J connectivity index is 1.87. The van der Waals surface area contributed by atoms with Crippen molar-refractivity contribution in [3.05, 3.63) is 17.8 Å². The van der Waals surface area contributed by atoms with Gasteiger partial charge < -0.3 is 15.1 Å². The van der Waals surface area contributed by atoms with Crippen LogP contribution >= 0.6 is 0 Å². The molecule has 2 rings (SSSR count). The highest BCUT2D eigenvalue weighted by molar-refractivity contribution is 5.91. The summed E-state index contributed by atoms with van der Waals surface area (Å²) in [5, 5.41) is 11.5. The highest BCUT2D eigenvalue weighted by Crippen LogP contribution is 2.08. The van der Waals surface area contributed by atoms with E-state index >= 15 is 0 Å². The Morgan fingerprint density at radius 3 is 2.52 bits per heavy atom. The van der Waals surface area contributed by atoms with Crippen LogP contribution in [-0.2, 0) is 0 Å². The van der Waals surface area contributed by atoms with Crippen LogP contribution in [0.2, 0.25) is 0 Å². The Morgan fingerprint density at radius 1 is 1.24 bits per heavy atom. The molecule has 1 aromatic heterocycles. The van der Waals surface area contributed by atoms with Gasteiger partial charge in [0.1, 0.15) is 0 Å². The van der Waals surface area contributed by atoms with E-state index in [1.807, 2.05) is 13.1 Å². The number of hydrogen-bond acceptors (Lipinski definition) is 6. The van der Waals surface area contributed by atoms with Gasteiger partial charge in [0.2, 0.25) is 0 Å². The van der Waals surface area contributed by atoms with Crippen molar-refractivity contribution < 1.29 is 4.79 Å². The van der Waals surface area contributed by atoms with Crippen molar-refractivity contribution in [3.63, 3.8) is 0 Å². The van der Waals surface area contributed by atoms with E-state index in [0.29, 0.717) is 5.69 Å². The number of carbonyl (C=O) groups is 1. The lowest BCUT2D eigenvalue weighted by Crippen LogP contribution is -2.46. The second kappa shape index (κ2) is 7.33. The minimum atomic E-state index is -0.127. The number of likely N-dealkylation sites (N-methyl/N-ethyl adjacent to an activating group) is 1. The average molecular weight is 292 g/mol. The van der Waals surface area contributed by atoms with E-state index in [4.69, 9.17) is 0 Å². The molecule has 0 bridgehead atoms. The van der Waals surface area contributed by atoms with Gasteiger partial charge in [-0.1, -0.05) is 0 Å².